The lowest BCUT2D eigenvalue weighted by Gasteiger charge is -2.37. The Labute approximate surface area is 197 Å². The van der Waals surface area contributed by atoms with Crippen LogP contribution < -0.4 is 4.90 Å². The molecule has 2 aliphatic rings. The van der Waals surface area contributed by atoms with Crippen LogP contribution in [0.25, 0.3) is 11.3 Å². The molecule has 0 unspecified atom stereocenters. The molecule has 0 N–H and O–H groups in total. The highest BCUT2D eigenvalue weighted by Gasteiger charge is 2.24. The lowest BCUT2D eigenvalue weighted by atomic mass is 10.0. The number of halogens is 2. The second kappa shape index (κ2) is 9.77. The number of carbonyl (C=O) groups is 1. The zero-order chi connectivity index (χ0) is 23.5. The summed E-state index contributed by atoms with van der Waals surface area (Å²) in [6.07, 6.45) is 6.80. The number of benzene rings is 2. The van der Waals surface area contributed by atoms with E-state index in [1.165, 1.54) is 29.8 Å². The van der Waals surface area contributed by atoms with Crippen molar-refractivity contribution in [3.05, 3.63) is 84.2 Å². The summed E-state index contributed by atoms with van der Waals surface area (Å²) < 4.78 is 28.1. The highest BCUT2D eigenvalue weighted by atomic mass is 19.1. The van der Waals surface area contributed by atoms with Crippen molar-refractivity contribution >= 4 is 17.2 Å². The number of rotatable bonds is 5. The molecule has 0 aliphatic carbocycles. The van der Waals surface area contributed by atoms with Gasteiger partial charge in [0.1, 0.15) is 11.6 Å². The van der Waals surface area contributed by atoms with Crippen molar-refractivity contribution < 1.29 is 13.6 Å². The molecular weight excluding hydrogens is 436 g/mol. The standard InChI is InChI=1S/C26H27F2N5O/c27-22-1-5-24(6-2-22)31-13-15-32(16-14-31)26(34)19-30-11-9-20(10-12-30)21-17-29-33(18-21)25-7-3-23(28)4-8-25/h1-9,17-18H,10-16,19H2. The maximum absolute atomic E-state index is 13.2. The molecule has 1 amide bonds. The maximum atomic E-state index is 13.2. The van der Waals surface area contributed by atoms with Gasteiger partial charge in [-0.3, -0.25) is 9.69 Å². The fraction of sp³-hybridized carbons (Fsp3) is 0.308. The minimum Gasteiger partial charge on any atom is -0.368 e. The van der Waals surface area contributed by atoms with Gasteiger partial charge < -0.3 is 9.80 Å². The Morgan fingerprint density at radius 1 is 0.853 bits per heavy atom. The Kier molecular flexibility index (Phi) is 6.40. The topological polar surface area (TPSA) is 44.6 Å². The fourth-order valence-electron chi connectivity index (χ4n) is 4.50. The first kappa shape index (κ1) is 22.3. The third-order valence-corrected chi connectivity index (χ3v) is 6.52. The normalized spacial score (nSPS) is 17.1. The molecule has 1 saturated heterocycles. The molecule has 2 aliphatic heterocycles. The first-order chi connectivity index (χ1) is 16.5. The van der Waals surface area contributed by atoms with Crippen molar-refractivity contribution in [1.82, 2.24) is 19.6 Å². The number of amides is 1. The summed E-state index contributed by atoms with van der Waals surface area (Å²) in [5, 5.41) is 4.41. The molecule has 6 nitrogen and oxygen atoms in total. The van der Waals surface area contributed by atoms with Gasteiger partial charge >= 0.3 is 0 Å². The van der Waals surface area contributed by atoms with Gasteiger partial charge in [-0.25, -0.2) is 13.5 Å². The molecule has 3 aromatic rings. The molecule has 0 saturated carbocycles. The molecule has 0 bridgehead atoms. The van der Waals surface area contributed by atoms with E-state index >= 15 is 0 Å². The van der Waals surface area contributed by atoms with Gasteiger partial charge in [-0.15, -0.1) is 0 Å². The third-order valence-electron chi connectivity index (χ3n) is 6.52. The average molecular weight is 464 g/mol. The molecular formula is C26H27F2N5O. The number of hydrogen-bond acceptors (Lipinski definition) is 4. The van der Waals surface area contributed by atoms with E-state index in [0.717, 1.165) is 49.5 Å². The minimum absolute atomic E-state index is 0.153. The highest BCUT2D eigenvalue weighted by Crippen LogP contribution is 2.23. The number of carbonyl (C=O) groups excluding carboxylic acids is 1. The largest absolute Gasteiger partial charge is 0.368 e. The molecule has 1 aromatic heterocycles. The smallest absolute Gasteiger partial charge is 0.236 e. The van der Waals surface area contributed by atoms with Crippen LogP contribution in [0.2, 0.25) is 0 Å². The second-order valence-corrected chi connectivity index (χ2v) is 8.71. The summed E-state index contributed by atoms with van der Waals surface area (Å²) in [5.41, 5.74) is 4.07. The molecule has 8 heteroatoms. The Balaban J connectivity index is 1.12. The molecule has 34 heavy (non-hydrogen) atoms. The van der Waals surface area contributed by atoms with Crippen molar-refractivity contribution in [2.24, 2.45) is 0 Å². The van der Waals surface area contributed by atoms with Gasteiger partial charge in [0.15, 0.2) is 0 Å². The molecule has 3 heterocycles. The summed E-state index contributed by atoms with van der Waals surface area (Å²) in [6, 6.07) is 12.8. The Morgan fingerprint density at radius 3 is 2.12 bits per heavy atom. The predicted octanol–water partition coefficient (Wildman–Crippen LogP) is 3.59. The van der Waals surface area contributed by atoms with Gasteiger partial charge in [0.2, 0.25) is 5.91 Å². The molecule has 5 rings (SSSR count). The summed E-state index contributed by atoms with van der Waals surface area (Å²) in [6.45, 7) is 4.79. The van der Waals surface area contributed by atoms with Crippen LogP contribution in [0, 0.1) is 11.6 Å². The molecule has 0 radical (unpaired) electrons. The number of anilines is 1. The number of nitrogens with zero attached hydrogens (tertiary/aromatic N) is 5. The highest BCUT2D eigenvalue weighted by molar-refractivity contribution is 5.79. The summed E-state index contributed by atoms with van der Waals surface area (Å²) in [5.74, 6) is -0.353. The van der Waals surface area contributed by atoms with Crippen molar-refractivity contribution in [3.63, 3.8) is 0 Å². The van der Waals surface area contributed by atoms with E-state index in [-0.39, 0.29) is 17.5 Å². The number of piperazine rings is 1. The molecule has 0 atom stereocenters. The van der Waals surface area contributed by atoms with Gasteiger partial charge in [0.05, 0.1) is 18.4 Å². The van der Waals surface area contributed by atoms with Crippen LogP contribution in [0.4, 0.5) is 14.5 Å². The zero-order valence-electron chi connectivity index (χ0n) is 18.9. The van der Waals surface area contributed by atoms with E-state index in [0.29, 0.717) is 19.6 Å². The monoisotopic (exact) mass is 463 g/mol. The molecule has 0 spiro atoms. The first-order valence-electron chi connectivity index (χ1n) is 11.6. The van der Waals surface area contributed by atoms with Gasteiger partial charge in [0, 0.05) is 56.7 Å². The first-order valence-corrected chi connectivity index (χ1v) is 11.6. The van der Waals surface area contributed by atoms with Crippen LogP contribution in [0.1, 0.15) is 12.0 Å². The van der Waals surface area contributed by atoms with Crippen molar-refractivity contribution in [1.29, 1.82) is 0 Å². The van der Waals surface area contributed by atoms with Crippen molar-refractivity contribution in [2.45, 2.75) is 6.42 Å². The van der Waals surface area contributed by atoms with Crippen LogP contribution in [-0.2, 0) is 4.79 Å². The third kappa shape index (κ3) is 5.02. The quantitative estimate of drug-likeness (QED) is 0.580. The lowest BCUT2D eigenvalue weighted by molar-refractivity contribution is -0.132. The van der Waals surface area contributed by atoms with Gasteiger partial charge in [-0.1, -0.05) is 6.08 Å². The average Bonchev–Trinajstić information content (AvgIpc) is 3.36. The van der Waals surface area contributed by atoms with Crippen LogP contribution in [0.3, 0.4) is 0 Å². The fourth-order valence-corrected chi connectivity index (χ4v) is 4.50. The molecule has 176 valence electrons. The lowest BCUT2D eigenvalue weighted by Crippen LogP contribution is -2.51. The SMILES string of the molecule is O=C(CN1CC=C(c2cnn(-c3ccc(F)cc3)c2)CC1)N1CCN(c2ccc(F)cc2)CC1. The van der Waals surface area contributed by atoms with E-state index in [9.17, 15) is 13.6 Å². The molecule has 1 fully saturated rings. The maximum Gasteiger partial charge on any atom is 0.236 e. The van der Waals surface area contributed by atoms with Crippen LogP contribution in [0.15, 0.2) is 67.0 Å². The minimum atomic E-state index is -0.268. The van der Waals surface area contributed by atoms with Gasteiger partial charge in [0.25, 0.3) is 0 Å². The zero-order valence-corrected chi connectivity index (χ0v) is 18.9. The van der Waals surface area contributed by atoms with Crippen LogP contribution >= 0.6 is 0 Å². The van der Waals surface area contributed by atoms with E-state index in [1.807, 2.05) is 17.3 Å². The summed E-state index contributed by atoms with van der Waals surface area (Å²) >= 11 is 0. The van der Waals surface area contributed by atoms with Crippen molar-refractivity contribution in [2.75, 3.05) is 50.7 Å². The summed E-state index contributed by atoms with van der Waals surface area (Å²) in [4.78, 5) is 19.1. The molecule has 2 aromatic carbocycles. The van der Waals surface area contributed by atoms with E-state index in [4.69, 9.17) is 0 Å². The second-order valence-electron chi connectivity index (χ2n) is 8.71. The van der Waals surface area contributed by atoms with Gasteiger partial charge in [-0.05, 0) is 60.5 Å². The Morgan fingerprint density at radius 2 is 1.50 bits per heavy atom. The predicted molar refractivity (Wildman–Crippen MR) is 128 cm³/mol. The number of hydrogen-bond donors (Lipinski definition) is 0. The van der Waals surface area contributed by atoms with E-state index in [1.54, 1.807) is 28.9 Å². The Bertz CT molecular complexity index is 1160. The van der Waals surface area contributed by atoms with Crippen molar-refractivity contribution in [3.8, 4) is 5.69 Å². The summed E-state index contributed by atoms with van der Waals surface area (Å²) in [7, 11) is 0. The van der Waals surface area contributed by atoms with E-state index in [2.05, 4.69) is 21.0 Å². The van der Waals surface area contributed by atoms with Crippen LogP contribution in [-0.4, -0.2) is 71.3 Å². The Hall–Kier alpha value is -3.52. The van der Waals surface area contributed by atoms with Crippen LogP contribution in [0.5, 0.6) is 0 Å². The van der Waals surface area contributed by atoms with E-state index < -0.39 is 0 Å². The van der Waals surface area contributed by atoms with Gasteiger partial charge in [-0.2, -0.15) is 5.10 Å². The number of aromatic nitrogens is 2.